The number of para-hydroxylation sites is 1. The number of rotatable bonds is 4. The van der Waals surface area contributed by atoms with Gasteiger partial charge in [0, 0.05) is 5.56 Å². The molecule has 1 heterocycles. The number of urea groups is 1. The molecule has 1 aliphatic rings. The highest BCUT2D eigenvalue weighted by molar-refractivity contribution is 6.42. The van der Waals surface area contributed by atoms with Crippen molar-refractivity contribution in [3.05, 3.63) is 94.0 Å². The summed E-state index contributed by atoms with van der Waals surface area (Å²) in [6.45, 7) is 1.80. The normalized spacial score (nSPS) is 18.7. The molecule has 3 N–H and O–H groups in total. The Morgan fingerprint density at radius 2 is 1.71 bits per heavy atom. The first-order valence-electron chi connectivity index (χ1n) is 9.56. The van der Waals surface area contributed by atoms with Crippen molar-refractivity contribution in [1.82, 2.24) is 5.32 Å². The van der Waals surface area contributed by atoms with Gasteiger partial charge in [0.05, 0.1) is 27.5 Å². The summed E-state index contributed by atoms with van der Waals surface area (Å²) in [6, 6.07) is 19.3. The molecular formula is C23H19Cl2N3O3. The van der Waals surface area contributed by atoms with Crippen molar-refractivity contribution in [1.29, 1.82) is 0 Å². The highest BCUT2D eigenvalue weighted by atomic mass is 35.5. The highest BCUT2D eigenvalue weighted by Gasteiger charge is 2.52. The van der Waals surface area contributed by atoms with Crippen LogP contribution in [-0.4, -0.2) is 17.0 Å². The third kappa shape index (κ3) is 3.74. The van der Waals surface area contributed by atoms with Crippen LogP contribution < -0.4 is 15.5 Å². The fourth-order valence-corrected chi connectivity index (χ4v) is 3.90. The van der Waals surface area contributed by atoms with Crippen LogP contribution in [-0.2, 0) is 10.5 Å². The first-order valence-corrected chi connectivity index (χ1v) is 10.3. The third-order valence-corrected chi connectivity index (χ3v) is 5.94. The quantitative estimate of drug-likeness (QED) is 0.513. The lowest BCUT2D eigenvalue weighted by molar-refractivity contribution is -0.141. The van der Waals surface area contributed by atoms with Crippen molar-refractivity contribution >= 4 is 46.5 Å². The van der Waals surface area contributed by atoms with E-state index in [0.29, 0.717) is 5.69 Å². The van der Waals surface area contributed by atoms with E-state index in [0.717, 1.165) is 10.5 Å². The number of aliphatic hydroxyl groups is 1. The van der Waals surface area contributed by atoms with Crippen LogP contribution in [0.3, 0.4) is 0 Å². The largest absolute Gasteiger partial charge is 0.359 e. The molecule has 0 fully saturated rings. The monoisotopic (exact) mass is 455 g/mol. The summed E-state index contributed by atoms with van der Waals surface area (Å²) in [5, 5.41) is 17.8. The van der Waals surface area contributed by atoms with Crippen molar-refractivity contribution in [3.63, 3.8) is 0 Å². The maximum Gasteiger partial charge on any atom is 0.329 e. The molecule has 8 heteroatoms. The number of carbonyl (C=O) groups is 2. The van der Waals surface area contributed by atoms with E-state index in [1.165, 1.54) is 18.2 Å². The van der Waals surface area contributed by atoms with Gasteiger partial charge in [0.25, 0.3) is 11.6 Å². The van der Waals surface area contributed by atoms with Crippen LogP contribution >= 0.6 is 23.2 Å². The van der Waals surface area contributed by atoms with Crippen LogP contribution in [0.4, 0.5) is 16.2 Å². The second kappa shape index (κ2) is 8.23. The number of halogens is 2. The molecule has 0 radical (unpaired) electrons. The van der Waals surface area contributed by atoms with E-state index in [4.69, 9.17) is 23.2 Å². The number of anilines is 2. The average molecular weight is 456 g/mol. The van der Waals surface area contributed by atoms with Gasteiger partial charge in [0.1, 0.15) is 0 Å². The molecular weight excluding hydrogens is 437 g/mol. The number of hydrogen-bond acceptors (Lipinski definition) is 3. The number of benzene rings is 3. The summed E-state index contributed by atoms with van der Waals surface area (Å²) in [6.07, 6.45) is 0. The van der Waals surface area contributed by atoms with Gasteiger partial charge in [-0.15, -0.1) is 0 Å². The Balaban J connectivity index is 1.81. The Morgan fingerprint density at radius 1 is 1.03 bits per heavy atom. The minimum Gasteiger partial charge on any atom is -0.359 e. The lowest BCUT2D eigenvalue weighted by atomic mass is 9.94. The van der Waals surface area contributed by atoms with Gasteiger partial charge in [-0.1, -0.05) is 71.7 Å². The second-order valence-corrected chi connectivity index (χ2v) is 8.00. The summed E-state index contributed by atoms with van der Waals surface area (Å²) in [5.74, 6) is -0.753. The minimum atomic E-state index is -2.32. The average Bonchev–Trinajstić information content (AvgIpc) is 2.76. The lowest BCUT2D eigenvalue weighted by Crippen LogP contribution is -2.62. The predicted octanol–water partition coefficient (Wildman–Crippen LogP) is 5.07. The van der Waals surface area contributed by atoms with Crippen molar-refractivity contribution < 1.29 is 14.7 Å². The van der Waals surface area contributed by atoms with Gasteiger partial charge in [-0.25, -0.2) is 4.79 Å². The molecule has 1 aliphatic heterocycles. The van der Waals surface area contributed by atoms with Gasteiger partial charge in [0.2, 0.25) is 0 Å². The summed E-state index contributed by atoms with van der Waals surface area (Å²) in [7, 11) is 0. The smallest absolute Gasteiger partial charge is 0.329 e. The Morgan fingerprint density at radius 3 is 2.42 bits per heavy atom. The van der Waals surface area contributed by atoms with Crippen LogP contribution in [0.25, 0.3) is 0 Å². The van der Waals surface area contributed by atoms with Gasteiger partial charge < -0.3 is 15.7 Å². The number of fused-ring (bicyclic) bond motifs is 1. The van der Waals surface area contributed by atoms with Gasteiger partial charge in [-0.3, -0.25) is 9.69 Å². The molecule has 0 bridgehead atoms. The molecule has 0 saturated heterocycles. The van der Waals surface area contributed by atoms with Crippen LogP contribution in [0.5, 0.6) is 0 Å². The Bertz CT molecular complexity index is 1160. The van der Waals surface area contributed by atoms with Crippen LogP contribution in [0.15, 0.2) is 72.8 Å². The molecule has 6 nitrogen and oxygen atoms in total. The SMILES string of the molecule is CC(NC(=O)C1(O)c2ccccc2NC(=O)N1c1ccc(Cl)c(Cl)c1)c1ccccc1. The summed E-state index contributed by atoms with van der Waals surface area (Å²) in [4.78, 5) is 27.5. The fourth-order valence-electron chi connectivity index (χ4n) is 3.61. The molecule has 2 unspecified atom stereocenters. The van der Waals surface area contributed by atoms with E-state index in [1.807, 2.05) is 30.3 Å². The summed E-state index contributed by atoms with van der Waals surface area (Å²) < 4.78 is 0. The Kier molecular flexibility index (Phi) is 5.62. The molecule has 3 aromatic rings. The van der Waals surface area contributed by atoms with E-state index >= 15 is 0 Å². The molecule has 3 amide bonds. The van der Waals surface area contributed by atoms with Gasteiger partial charge in [-0.2, -0.15) is 0 Å². The maximum absolute atomic E-state index is 13.5. The predicted molar refractivity (Wildman–Crippen MR) is 121 cm³/mol. The molecule has 0 aliphatic carbocycles. The van der Waals surface area contributed by atoms with E-state index in [1.54, 1.807) is 31.2 Å². The van der Waals surface area contributed by atoms with Gasteiger partial charge in [-0.05, 0) is 36.8 Å². The molecule has 4 rings (SSSR count). The molecule has 158 valence electrons. The zero-order chi connectivity index (χ0) is 22.2. The molecule has 0 spiro atoms. The van der Waals surface area contributed by atoms with Crippen LogP contribution in [0, 0.1) is 0 Å². The van der Waals surface area contributed by atoms with Crippen molar-refractivity contribution in [2.24, 2.45) is 0 Å². The second-order valence-electron chi connectivity index (χ2n) is 7.19. The Hall–Kier alpha value is -3.06. The van der Waals surface area contributed by atoms with Crippen LogP contribution in [0.1, 0.15) is 24.1 Å². The summed E-state index contributed by atoms with van der Waals surface area (Å²) in [5.41, 5.74) is -0.674. The van der Waals surface area contributed by atoms with E-state index in [9.17, 15) is 14.7 Å². The van der Waals surface area contributed by atoms with E-state index < -0.39 is 23.7 Å². The highest BCUT2D eigenvalue weighted by Crippen LogP contribution is 2.41. The number of nitrogens with zero attached hydrogens (tertiary/aromatic N) is 1. The fraction of sp³-hybridized carbons (Fsp3) is 0.130. The molecule has 0 aromatic heterocycles. The van der Waals surface area contributed by atoms with E-state index in [2.05, 4.69) is 10.6 Å². The zero-order valence-electron chi connectivity index (χ0n) is 16.5. The summed E-state index contributed by atoms with van der Waals surface area (Å²) >= 11 is 12.2. The molecule has 0 saturated carbocycles. The lowest BCUT2D eigenvalue weighted by Gasteiger charge is -2.43. The molecule has 31 heavy (non-hydrogen) atoms. The minimum absolute atomic E-state index is 0.186. The standard InChI is InChI=1S/C23H19Cl2N3O3/c1-14(15-7-3-2-4-8-15)26-21(29)23(31)17-9-5-6-10-20(17)27-22(30)28(23)16-11-12-18(24)19(25)13-16/h2-14,31H,1H3,(H,26,29)(H,27,30). The number of carbonyl (C=O) groups excluding carboxylic acids is 2. The van der Waals surface area contributed by atoms with Crippen molar-refractivity contribution in [2.45, 2.75) is 18.7 Å². The first kappa shape index (κ1) is 21.2. The number of nitrogens with one attached hydrogen (secondary N) is 2. The topological polar surface area (TPSA) is 81.7 Å². The van der Waals surface area contributed by atoms with Gasteiger partial charge in [0.15, 0.2) is 0 Å². The van der Waals surface area contributed by atoms with E-state index in [-0.39, 0.29) is 21.3 Å². The first-order chi connectivity index (χ1) is 14.8. The third-order valence-electron chi connectivity index (χ3n) is 5.20. The maximum atomic E-state index is 13.5. The molecule has 2 atom stereocenters. The number of hydrogen-bond donors (Lipinski definition) is 3. The molecule has 3 aromatic carbocycles. The Labute approximate surface area is 189 Å². The van der Waals surface area contributed by atoms with Crippen molar-refractivity contribution in [3.8, 4) is 0 Å². The zero-order valence-corrected chi connectivity index (χ0v) is 18.0. The van der Waals surface area contributed by atoms with Gasteiger partial charge >= 0.3 is 6.03 Å². The number of amides is 3. The van der Waals surface area contributed by atoms with Crippen molar-refractivity contribution in [2.75, 3.05) is 10.2 Å². The van der Waals surface area contributed by atoms with Crippen LogP contribution in [0.2, 0.25) is 10.0 Å².